The molecule has 0 amide bonds. The number of benzene rings is 1. The minimum atomic E-state index is -0.222. The van der Waals surface area contributed by atoms with E-state index in [1.165, 1.54) is 6.07 Å². The molecular formula is C15H16N2O3S. The van der Waals surface area contributed by atoms with Crippen molar-refractivity contribution in [2.24, 2.45) is 0 Å². The Kier molecular flexibility index (Phi) is 5.05. The van der Waals surface area contributed by atoms with E-state index in [2.05, 4.69) is 10.2 Å². The third-order valence-electron chi connectivity index (χ3n) is 2.83. The Morgan fingerprint density at radius 2 is 1.81 bits per heavy atom. The smallest absolute Gasteiger partial charge is 0.264 e. The summed E-state index contributed by atoms with van der Waals surface area (Å²) in [5.74, 6) is 1.52. The summed E-state index contributed by atoms with van der Waals surface area (Å²) in [6.45, 7) is 0. The first kappa shape index (κ1) is 15.2. The number of hydrogen-bond donors (Lipinski definition) is 1. The van der Waals surface area contributed by atoms with Gasteiger partial charge in [0.2, 0.25) is 0 Å². The fourth-order valence-electron chi connectivity index (χ4n) is 1.83. The average molecular weight is 304 g/mol. The molecule has 1 heterocycles. The highest BCUT2D eigenvalue weighted by Crippen LogP contribution is 2.38. The van der Waals surface area contributed by atoms with Gasteiger partial charge in [-0.15, -0.1) is 11.8 Å². The van der Waals surface area contributed by atoms with Crippen LogP contribution >= 0.6 is 11.8 Å². The van der Waals surface area contributed by atoms with Crippen LogP contribution in [-0.2, 0) is 0 Å². The molecule has 5 nitrogen and oxygen atoms in total. The van der Waals surface area contributed by atoms with Crippen LogP contribution in [0.2, 0.25) is 0 Å². The fraction of sp³-hybridized carbons (Fsp3) is 0.200. The van der Waals surface area contributed by atoms with Gasteiger partial charge in [-0.3, -0.25) is 4.79 Å². The van der Waals surface area contributed by atoms with Crippen molar-refractivity contribution in [1.29, 1.82) is 0 Å². The molecule has 0 atom stereocenters. The van der Waals surface area contributed by atoms with Gasteiger partial charge >= 0.3 is 0 Å². The third-order valence-corrected chi connectivity index (χ3v) is 3.64. The topological polar surface area (TPSA) is 64.2 Å². The molecule has 2 rings (SSSR count). The Bertz CT molecular complexity index is 665. The van der Waals surface area contributed by atoms with E-state index in [9.17, 15) is 4.79 Å². The second kappa shape index (κ2) is 6.99. The van der Waals surface area contributed by atoms with Crippen molar-refractivity contribution in [3.63, 3.8) is 0 Å². The minimum absolute atomic E-state index is 0.222. The van der Waals surface area contributed by atoms with Gasteiger partial charge in [-0.25, -0.2) is 5.10 Å². The van der Waals surface area contributed by atoms with Gasteiger partial charge in [-0.05, 0) is 36.1 Å². The van der Waals surface area contributed by atoms with Gasteiger partial charge < -0.3 is 9.47 Å². The molecule has 0 fully saturated rings. The third kappa shape index (κ3) is 3.66. The number of nitrogens with one attached hydrogen (secondary N) is 1. The molecule has 6 heteroatoms. The predicted octanol–water partition coefficient (Wildman–Crippen LogP) is 2.68. The van der Waals surface area contributed by atoms with E-state index in [-0.39, 0.29) is 5.56 Å². The van der Waals surface area contributed by atoms with Crippen molar-refractivity contribution in [1.82, 2.24) is 10.2 Å². The highest BCUT2D eigenvalue weighted by atomic mass is 32.2. The summed E-state index contributed by atoms with van der Waals surface area (Å²) < 4.78 is 10.8. The lowest BCUT2D eigenvalue weighted by Gasteiger charge is -2.12. The Hall–Kier alpha value is -2.21. The van der Waals surface area contributed by atoms with E-state index in [1.807, 2.05) is 30.5 Å². The molecule has 0 aliphatic carbocycles. The highest BCUT2D eigenvalue weighted by Gasteiger charge is 2.10. The molecule has 0 spiro atoms. The van der Waals surface area contributed by atoms with Crippen LogP contribution < -0.4 is 15.0 Å². The van der Waals surface area contributed by atoms with E-state index in [0.29, 0.717) is 5.69 Å². The summed E-state index contributed by atoms with van der Waals surface area (Å²) in [7, 11) is 3.26. The number of nitrogens with zero attached hydrogens (tertiary/aromatic N) is 1. The number of thioether (sulfide) groups is 1. The van der Waals surface area contributed by atoms with Crippen LogP contribution in [0.15, 0.2) is 34.0 Å². The van der Waals surface area contributed by atoms with Gasteiger partial charge in [-0.1, -0.05) is 6.08 Å². The molecule has 0 aliphatic heterocycles. The molecule has 0 saturated carbocycles. The largest absolute Gasteiger partial charge is 0.495 e. The SMILES string of the molecule is COc1cc(C=Cc2ccc(=O)[nH]n2)cc(OC)c1SC. The lowest BCUT2D eigenvalue weighted by molar-refractivity contribution is 0.376. The maximum absolute atomic E-state index is 11.0. The number of ether oxygens (including phenoxy) is 2. The zero-order valence-corrected chi connectivity index (χ0v) is 12.9. The van der Waals surface area contributed by atoms with Crippen molar-refractivity contribution in [2.75, 3.05) is 20.5 Å². The van der Waals surface area contributed by atoms with E-state index >= 15 is 0 Å². The summed E-state index contributed by atoms with van der Waals surface area (Å²) >= 11 is 1.57. The Balaban J connectivity index is 2.35. The zero-order chi connectivity index (χ0) is 15.2. The summed E-state index contributed by atoms with van der Waals surface area (Å²) in [6.07, 6.45) is 5.67. The molecule has 1 aromatic heterocycles. The van der Waals surface area contributed by atoms with Crippen LogP contribution in [-0.4, -0.2) is 30.7 Å². The molecule has 21 heavy (non-hydrogen) atoms. The van der Waals surface area contributed by atoms with Crippen LogP contribution in [0.1, 0.15) is 11.3 Å². The maximum atomic E-state index is 11.0. The van der Waals surface area contributed by atoms with Crippen molar-refractivity contribution in [2.45, 2.75) is 4.90 Å². The van der Waals surface area contributed by atoms with Crippen LogP contribution in [0.5, 0.6) is 11.5 Å². The lowest BCUT2D eigenvalue weighted by Crippen LogP contribution is -2.05. The van der Waals surface area contributed by atoms with Crippen LogP contribution in [0.25, 0.3) is 12.2 Å². The van der Waals surface area contributed by atoms with Crippen molar-refractivity contribution in [3.8, 4) is 11.5 Å². The number of methoxy groups -OCH3 is 2. The molecule has 0 unspecified atom stereocenters. The highest BCUT2D eigenvalue weighted by molar-refractivity contribution is 7.98. The van der Waals surface area contributed by atoms with Crippen LogP contribution in [0.4, 0.5) is 0 Å². The van der Waals surface area contributed by atoms with Crippen molar-refractivity contribution in [3.05, 3.63) is 45.9 Å². The van der Waals surface area contributed by atoms with E-state index in [0.717, 1.165) is 22.0 Å². The van der Waals surface area contributed by atoms with Gasteiger partial charge in [0.25, 0.3) is 5.56 Å². The standard InChI is InChI=1S/C15H16N2O3S/c1-19-12-8-10(9-13(20-2)15(12)21-3)4-5-11-6-7-14(18)17-16-11/h4-9H,1-3H3,(H,17,18). The monoisotopic (exact) mass is 304 g/mol. The van der Waals surface area contributed by atoms with Gasteiger partial charge in [0.1, 0.15) is 11.5 Å². The summed E-state index contributed by atoms with van der Waals surface area (Å²) in [5.41, 5.74) is 1.37. The van der Waals surface area contributed by atoms with Crippen LogP contribution in [0, 0.1) is 0 Å². The van der Waals surface area contributed by atoms with Crippen molar-refractivity contribution >= 4 is 23.9 Å². The second-order valence-electron chi connectivity index (χ2n) is 4.14. The molecule has 0 radical (unpaired) electrons. The lowest BCUT2D eigenvalue weighted by atomic mass is 10.1. The quantitative estimate of drug-likeness (QED) is 0.860. The summed E-state index contributed by atoms with van der Waals surface area (Å²) in [6, 6.07) is 6.94. The van der Waals surface area contributed by atoms with Gasteiger partial charge in [0, 0.05) is 6.07 Å². The van der Waals surface area contributed by atoms with E-state index < -0.39 is 0 Å². The first-order chi connectivity index (χ1) is 10.2. The minimum Gasteiger partial charge on any atom is -0.495 e. The number of aromatic amines is 1. The first-order valence-electron chi connectivity index (χ1n) is 6.21. The Morgan fingerprint density at radius 1 is 1.14 bits per heavy atom. The Labute approximate surface area is 127 Å². The molecule has 0 bridgehead atoms. The number of rotatable bonds is 5. The second-order valence-corrected chi connectivity index (χ2v) is 4.95. The Morgan fingerprint density at radius 3 is 2.29 bits per heavy atom. The average Bonchev–Trinajstić information content (AvgIpc) is 2.53. The summed E-state index contributed by atoms with van der Waals surface area (Å²) in [4.78, 5) is 11.9. The van der Waals surface area contributed by atoms with Gasteiger partial charge in [0.15, 0.2) is 0 Å². The fourth-order valence-corrected chi connectivity index (χ4v) is 2.51. The molecule has 0 saturated heterocycles. The van der Waals surface area contributed by atoms with Crippen LogP contribution in [0.3, 0.4) is 0 Å². The predicted molar refractivity (Wildman–Crippen MR) is 85.1 cm³/mol. The summed E-state index contributed by atoms with van der Waals surface area (Å²) in [5, 5.41) is 6.31. The number of hydrogen-bond acceptors (Lipinski definition) is 5. The van der Waals surface area contributed by atoms with Crippen molar-refractivity contribution < 1.29 is 9.47 Å². The molecule has 1 aromatic carbocycles. The molecule has 110 valence electrons. The van der Waals surface area contributed by atoms with Gasteiger partial charge in [-0.2, -0.15) is 5.10 Å². The van der Waals surface area contributed by atoms with E-state index in [4.69, 9.17) is 9.47 Å². The maximum Gasteiger partial charge on any atom is 0.264 e. The number of H-pyrrole nitrogens is 1. The number of aromatic nitrogens is 2. The molecule has 0 aliphatic rings. The first-order valence-corrected chi connectivity index (χ1v) is 7.44. The molecular weight excluding hydrogens is 288 g/mol. The molecule has 1 N–H and O–H groups in total. The molecule has 2 aromatic rings. The van der Waals surface area contributed by atoms with Gasteiger partial charge in [0.05, 0.1) is 24.8 Å². The van der Waals surface area contributed by atoms with E-state index in [1.54, 1.807) is 32.0 Å². The zero-order valence-electron chi connectivity index (χ0n) is 12.0. The normalized spacial score (nSPS) is 10.8.